The fraction of sp³-hybridized carbons (Fsp3) is 0.455. The predicted octanol–water partition coefficient (Wildman–Crippen LogP) is 4.05. The van der Waals surface area contributed by atoms with E-state index in [9.17, 15) is 18.5 Å². The highest BCUT2D eigenvalue weighted by Crippen LogP contribution is 2.06. The average Bonchev–Trinajstić information content (AvgIpc) is 2.37. The zero-order chi connectivity index (χ0) is 18.5. The van der Waals surface area contributed by atoms with Gasteiger partial charge in [-0.1, -0.05) is 38.0 Å². The Bertz CT molecular complexity index is 642. The molecule has 23 heavy (non-hydrogen) atoms. The number of nitro groups is 1. The third-order valence-electron chi connectivity index (χ3n) is 1.96. The normalized spacial score (nSPS) is 10.6. The summed E-state index contributed by atoms with van der Waals surface area (Å²) in [5.41, 5.74) is 0.137. The van der Waals surface area contributed by atoms with Crippen LogP contribution in [-0.2, 0) is 17.3 Å². The first-order valence-corrected chi connectivity index (χ1v) is 11.7. The largest absolute Gasteiger partial charge is 0.317 e. The molecule has 0 spiro atoms. The first-order valence-electron chi connectivity index (χ1n) is 6.12. The molecule has 0 amide bonds. The Labute approximate surface area is 149 Å². The van der Waals surface area contributed by atoms with E-state index in [4.69, 9.17) is 19.1 Å². The Kier molecular flexibility index (Phi) is 13.7. The Morgan fingerprint density at radius 2 is 1.43 bits per heavy atom. The Hall–Kier alpha value is -0.610. The first kappa shape index (κ1) is 24.6. The maximum atomic E-state index is 10.3. The number of hydrogen-bond acceptors (Lipinski definition) is 6. The summed E-state index contributed by atoms with van der Waals surface area (Å²) in [5.74, 6) is 0.113. The van der Waals surface area contributed by atoms with E-state index in [1.54, 1.807) is 18.2 Å². The van der Waals surface area contributed by atoms with Crippen LogP contribution in [0.5, 0.6) is 0 Å². The highest BCUT2D eigenvalue weighted by atomic mass is 36.0. The zero-order valence-electron chi connectivity index (χ0n) is 12.1. The molecular weight excluding hydrogens is 413 g/mol. The molecule has 0 fully saturated rings. The lowest BCUT2D eigenvalue weighted by Crippen LogP contribution is -1.95. The van der Waals surface area contributed by atoms with Crippen molar-refractivity contribution in [2.45, 2.75) is 26.2 Å². The minimum Gasteiger partial charge on any atom is -0.258 e. The molecule has 7 nitrogen and oxygen atoms in total. The number of unbranched alkanes of at least 4 members (excludes halogenated alkanes) is 2. The van der Waals surface area contributed by atoms with Gasteiger partial charge < -0.3 is 0 Å². The van der Waals surface area contributed by atoms with Gasteiger partial charge in [0.2, 0.25) is 9.05 Å². The lowest BCUT2D eigenvalue weighted by Gasteiger charge is -1.92. The van der Waals surface area contributed by atoms with Crippen molar-refractivity contribution in [1.29, 1.82) is 0 Å². The minimum absolute atomic E-state index is 0.113. The van der Waals surface area contributed by atoms with E-state index in [1.165, 1.54) is 12.1 Å². The summed E-state index contributed by atoms with van der Waals surface area (Å²) in [6, 6.07) is 7.93. The second-order valence-electron chi connectivity index (χ2n) is 3.92. The highest BCUT2D eigenvalue weighted by molar-refractivity contribution is 8.31. The predicted molar refractivity (Wildman–Crippen MR) is 92.9 cm³/mol. The lowest BCUT2D eigenvalue weighted by molar-refractivity contribution is -0.384. The molecule has 1 aromatic carbocycles. The molecule has 0 saturated carbocycles. The van der Waals surface area contributed by atoms with Crippen LogP contribution in [0.15, 0.2) is 30.3 Å². The van der Waals surface area contributed by atoms with Crippen LogP contribution in [0.2, 0.25) is 0 Å². The summed E-state index contributed by atoms with van der Waals surface area (Å²) in [6.45, 7) is 2.01. The molecule has 0 aliphatic rings. The molecule has 0 N–H and O–H groups in total. The maximum Gasteiger partial charge on any atom is 0.317 e. The van der Waals surface area contributed by atoms with Gasteiger partial charge in [-0.25, -0.2) is 8.42 Å². The number of non-ortho nitro benzene ring substituents is 1. The van der Waals surface area contributed by atoms with Crippen LogP contribution in [0.4, 0.5) is 5.69 Å². The summed E-state index contributed by atoms with van der Waals surface area (Å²) in [7, 11) is 6.53. The summed E-state index contributed by atoms with van der Waals surface area (Å²) >= 11 is 0. The van der Waals surface area contributed by atoms with Crippen LogP contribution in [-0.4, -0.2) is 27.5 Å². The number of rotatable bonds is 5. The number of halogens is 3. The van der Waals surface area contributed by atoms with Crippen LogP contribution >= 0.6 is 32.0 Å². The zero-order valence-corrected chi connectivity index (χ0v) is 16.0. The van der Waals surface area contributed by atoms with Crippen molar-refractivity contribution in [3.05, 3.63) is 40.4 Å². The topological polar surface area (TPSA) is 111 Å². The summed E-state index contributed by atoms with van der Waals surface area (Å²) < 4.78 is 38.9. The maximum absolute atomic E-state index is 10.3. The van der Waals surface area contributed by atoms with Crippen LogP contribution in [0.1, 0.15) is 26.2 Å². The van der Waals surface area contributed by atoms with Crippen molar-refractivity contribution in [2.24, 2.45) is 0 Å². The third kappa shape index (κ3) is 26.6. The number of nitrogens with zero attached hydrogens (tertiary/aromatic N) is 1. The molecule has 0 radical (unpaired) electrons. The smallest absolute Gasteiger partial charge is 0.258 e. The van der Waals surface area contributed by atoms with Crippen molar-refractivity contribution in [2.75, 3.05) is 5.75 Å². The van der Waals surface area contributed by atoms with Crippen molar-refractivity contribution < 1.29 is 21.8 Å². The molecule has 0 atom stereocenters. The van der Waals surface area contributed by atoms with E-state index in [-0.39, 0.29) is 11.4 Å². The molecule has 0 aliphatic carbocycles. The van der Waals surface area contributed by atoms with E-state index in [0.717, 1.165) is 12.8 Å². The van der Waals surface area contributed by atoms with Gasteiger partial charge in [0, 0.05) is 44.2 Å². The highest BCUT2D eigenvalue weighted by Gasteiger charge is 2.02. The molecule has 0 heterocycles. The number of nitro benzene ring substituents is 1. The number of benzene rings is 1. The summed E-state index contributed by atoms with van der Waals surface area (Å²) in [4.78, 5) is 9.59. The monoisotopic (exact) mass is 427 g/mol. The second-order valence-corrected chi connectivity index (χ2v) is 10.5. The van der Waals surface area contributed by atoms with E-state index in [1.807, 2.05) is 6.92 Å². The van der Waals surface area contributed by atoms with E-state index in [2.05, 4.69) is 21.4 Å². The van der Waals surface area contributed by atoms with Gasteiger partial charge in [-0.2, -0.15) is 8.42 Å². The van der Waals surface area contributed by atoms with E-state index < -0.39 is 22.2 Å². The first-order chi connectivity index (χ1) is 10.4. The second kappa shape index (κ2) is 12.8. The van der Waals surface area contributed by atoms with Crippen molar-refractivity contribution in [1.82, 2.24) is 0 Å². The van der Waals surface area contributed by atoms with Gasteiger partial charge in [-0.3, -0.25) is 10.1 Å². The molecular formula is C11H16Cl3NO6S2. The van der Waals surface area contributed by atoms with Crippen LogP contribution in [0.3, 0.4) is 0 Å². The van der Waals surface area contributed by atoms with Gasteiger partial charge in [-0.15, -0.1) is 0 Å². The van der Waals surface area contributed by atoms with Crippen molar-refractivity contribution >= 4 is 55.0 Å². The van der Waals surface area contributed by atoms with E-state index in [0.29, 0.717) is 6.42 Å². The molecule has 0 bridgehead atoms. The van der Waals surface area contributed by atoms with Gasteiger partial charge in [-0.05, 0) is 6.42 Å². The SMILES string of the molecule is CCCCCS(=O)(=O)Cl.O=S(=O)(Cl)Cl.O=[N+]([O-])c1ccccc1. The van der Waals surface area contributed by atoms with Crippen LogP contribution < -0.4 is 0 Å². The quantitative estimate of drug-likeness (QED) is 0.303. The Morgan fingerprint density at radius 1 is 1.00 bits per heavy atom. The minimum atomic E-state index is -3.72. The van der Waals surface area contributed by atoms with E-state index >= 15 is 0 Å². The molecule has 0 unspecified atom stereocenters. The molecule has 134 valence electrons. The molecule has 0 aliphatic heterocycles. The van der Waals surface area contributed by atoms with Gasteiger partial charge in [0.1, 0.15) is 0 Å². The van der Waals surface area contributed by atoms with Gasteiger partial charge >= 0.3 is 8.26 Å². The van der Waals surface area contributed by atoms with Crippen LogP contribution in [0, 0.1) is 10.1 Å². The third-order valence-corrected chi connectivity index (χ3v) is 3.20. The molecule has 12 heteroatoms. The fourth-order valence-electron chi connectivity index (χ4n) is 1.07. The molecule has 0 aromatic heterocycles. The van der Waals surface area contributed by atoms with Crippen LogP contribution in [0.25, 0.3) is 0 Å². The standard InChI is InChI=1S/C6H5NO2.C5H11ClO2S.Cl2O2S/c8-7(9)6-4-2-1-3-5-6;1-2-3-4-5-9(6,7)8;1-5(2,3)4/h1-5H;2-5H2,1H3;. The van der Waals surface area contributed by atoms with Gasteiger partial charge in [0.15, 0.2) is 0 Å². The lowest BCUT2D eigenvalue weighted by atomic mass is 10.3. The fourth-order valence-corrected chi connectivity index (χ4v) is 1.95. The van der Waals surface area contributed by atoms with Gasteiger partial charge in [0.05, 0.1) is 10.7 Å². The summed E-state index contributed by atoms with van der Waals surface area (Å²) in [5, 5.41) is 10.0. The number of hydrogen-bond donors (Lipinski definition) is 0. The Morgan fingerprint density at radius 3 is 1.70 bits per heavy atom. The molecule has 0 saturated heterocycles. The summed E-state index contributed by atoms with van der Waals surface area (Å²) in [6.07, 6.45) is 2.64. The molecule has 1 rings (SSSR count). The van der Waals surface area contributed by atoms with Crippen molar-refractivity contribution in [3.63, 3.8) is 0 Å². The Balaban J connectivity index is 0. The number of para-hydroxylation sites is 1. The van der Waals surface area contributed by atoms with Crippen molar-refractivity contribution in [3.8, 4) is 0 Å². The molecule has 1 aromatic rings. The van der Waals surface area contributed by atoms with Gasteiger partial charge in [0.25, 0.3) is 5.69 Å². The average molecular weight is 429 g/mol.